The summed E-state index contributed by atoms with van der Waals surface area (Å²) in [5.74, 6) is -2.08. The summed E-state index contributed by atoms with van der Waals surface area (Å²) in [5, 5.41) is 0.987. The van der Waals surface area contributed by atoms with Crippen LogP contribution < -0.4 is 0 Å². The van der Waals surface area contributed by atoms with Crippen LogP contribution in [0.5, 0.6) is 0 Å². The molecule has 0 spiro atoms. The number of hydrogen-bond acceptors (Lipinski definition) is 2. The number of fused-ring (bicyclic) bond motifs is 1. The van der Waals surface area contributed by atoms with Crippen molar-refractivity contribution < 1.29 is 13.9 Å². The van der Waals surface area contributed by atoms with Crippen molar-refractivity contribution in [3.8, 4) is 0 Å². The van der Waals surface area contributed by atoms with Crippen LogP contribution in [0.15, 0.2) is 30.5 Å². The Morgan fingerprint density at radius 2 is 2.27 bits per heavy atom. The van der Waals surface area contributed by atoms with Crippen LogP contribution in [0.3, 0.4) is 0 Å². The van der Waals surface area contributed by atoms with E-state index < -0.39 is 5.85 Å². The number of carbonyl (C=O) groups is 1. The lowest BCUT2D eigenvalue weighted by Gasteiger charge is -2.18. The van der Waals surface area contributed by atoms with Crippen molar-refractivity contribution >= 4 is 17.4 Å². The van der Waals surface area contributed by atoms with E-state index in [9.17, 15) is 9.18 Å². The van der Waals surface area contributed by atoms with Gasteiger partial charge in [-0.3, -0.25) is 4.79 Å². The highest BCUT2D eigenvalue weighted by Gasteiger charge is 2.27. The van der Waals surface area contributed by atoms with Gasteiger partial charge in [0, 0.05) is 24.2 Å². The summed E-state index contributed by atoms with van der Waals surface area (Å²) in [6.45, 7) is 1.31. The van der Waals surface area contributed by atoms with Gasteiger partial charge in [-0.2, -0.15) is 4.39 Å². The largest absolute Gasteiger partial charge is 0.427 e. The summed E-state index contributed by atoms with van der Waals surface area (Å²) in [6.07, 6.45) is 1.77. The lowest BCUT2D eigenvalue weighted by molar-refractivity contribution is -0.164. The quantitative estimate of drug-likeness (QED) is 0.785. The molecule has 1 heterocycles. The zero-order valence-electron chi connectivity index (χ0n) is 8.16. The van der Waals surface area contributed by atoms with E-state index in [0.717, 1.165) is 10.9 Å². The molecule has 3 nitrogen and oxygen atoms in total. The van der Waals surface area contributed by atoms with Gasteiger partial charge >= 0.3 is 0 Å². The Morgan fingerprint density at radius 3 is 3.00 bits per heavy atom. The molecule has 0 amide bonds. The minimum absolute atomic E-state index is 0.110. The molecule has 1 N–H and O–H groups in total. The Morgan fingerprint density at radius 1 is 1.47 bits per heavy atom. The molecule has 0 fully saturated rings. The smallest absolute Gasteiger partial charge is 0.296 e. The van der Waals surface area contributed by atoms with Gasteiger partial charge in [-0.05, 0) is 17.5 Å². The van der Waals surface area contributed by atoms with E-state index in [1.165, 1.54) is 6.92 Å². The van der Waals surface area contributed by atoms with Gasteiger partial charge in [0.1, 0.15) is 0 Å². The summed E-state index contributed by atoms with van der Waals surface area (Å²) in [4.78, 5) is 13.1. The van der Waals surface area contributed by atoms with Crippen LogP contribution >= 0.6 is 0 Å². The fraction of sp³-hybridized carbons (Fsp3) is 0.182. The van der Waals surface area contributed by atoms with E-state index in [1.807, 2.05) is 6.07 Å². The van der Waals surface area contributed by atoms with E-state index >= 15 is 0 Å². The molecule has 0 bridgehead atoms. The number of ether oxygens (including phenoxy) is 1. The van der Waals surface area contributed by atoms with Crippen LogP contribution in [-0.2, 0) is 15.4 Å². The van der Waals surface area contributed by atoms with Crippen molar-refractivity contribution in [2.24, 2.45) is 0 Å². The number of nitrogens with one attached hydrogen (secondary N) is 1. The summed E-state index contributed by atoms with van der Waals surface area (Å²) in [5.41, 5.74) is 1.12. The number of benzene rings is 1. The molecule has 0 aliphatic carbocycles. The van der Waals surface area contributed by atoms with Crippen LogP contribution in [0.1, 0.15) is 12.5 Å². The van der Waals surface area contributed by atoms with E-state index in [1.54, 1.807) is 24.4 Å². The molecule has 0 aliphatic heterocycles. The molecule has 1 aromatic heterocycles. The van der Waals surface area contributed by atoms with Crippen LogP contribution in [-0.4, -0.2) is 11.5 Å². The summed E-state index contributed by atoms with van der Waals surface area (Å²) in [6, 6.07) is 6.88. The van der Waals surface area contributed by atoms with Gasteiger partial charge in [-0.1, -0.05) is 12.1 Å². The van der Waals surface area contributed by atoms with Gasteiger partial charge < -0.3 is 9.72 Å². The summed E-state index contributed by atoms with van der Waals surface area (Å²) >= 11 is 0. The first kappa shape index (κ1) is 9.71. The minimum atomic E-state index is -2.08. The predicted octanol–water partition coefficient (Wildman–Crippen LogP) is 2.48. The zero-order valence-corrected chi connectivity index (χ0v) is 8.16. The Balaban J connectivity index is 2.47. The number of aromatic nitrogens is 1. The molecule has 2 aromatic rings. The third kappa shape index (κ3) is 1.70. The molecule has 78 valence electrons. The summed E-state index contributed by atoms with van der Waals surface area (Å²) in [7, 11) is 0. The Hall–Kier alpha value is -1.84. The number of aromatic amines is 1. The van der Waals surface area contributed by atoms with Crippen molar-refractivity contribution in [2.75, 3.05) is 0 Å². The van der Waals surface area contributed by atoms with Crippen LogP contribution in [0.4, 0.5) is 4.39 Å². The van der Waals surface area contributed by atoms with Gasteiger partial charge in [-0.25, -0.2) is 0 Å². The standard InChI is InChI=1S/C11H10FNO2/c1-11(12,15-7-14)9-3-2-8-4-5-13-10(8)6-9/h2-7,13H,1H3. The Labute approximate surface area is 85.9 Å². The van der Waals surface area contributed by atoms with E-state index in [2.05, 4.69) is 9.72 Å². The highest BCUT2D eigenvalue weighted by Crippen LogP contribution is 2.28. The van der Waals surface area contributed by atoms with E-state index in [-0.39, 0.29) is 6.47 Å². The molecule has 1 unspecified atom stereocenters. The monoisotopic (exact) mass is 207 g/mol. The van der Waals surface area contributed by atoms with Gasteiger partial charge in [0.25, 0.3) is 12.3 Å². The Kier molecular flexibility index (Phi) is 2.19. The number of hydrogen-bond donors (Lipinski definition) is 1. The van der Waals surface area contributed by atoms with Crippen molar-refractivity contribution in [1.29, 1.82) is 0 Å². The lowest BCUT2D eigenvalue weighted by Crippen LogP contribution is -2.18. The van der Waals surface area contributed by atoms with Gasteiger partial charge in [-0.15, -0.1) is 0 Å². The molecule has 2 rings (SSSR count). The lowest BCUT2D eigenvalue weighted by atomic mass is 10.1. The first-order valence-electron chi connectivity index (χ1n) is 4.51. The summed E-state index contributed by atoms with van der Waals surface area (Å²) < 4.78 is 18.2. The number of alkyl halides is 1. The number of halogens is 1. The third-order valence-corrected chi connectivity index (χ3v) is 2.34. The predicted molar refractivity (Wildman–Crippen MR) is 53.9 cm³/mol. The number of H-pyrrole nitrogens is 1. The van der Waals surface area contributed by atoms with Crippen molar-refractivity contribution in [1.82, 2.24) is 4.98 Å². The van der Waals surface area contributed by atoms with E-state index in [4.69, 9.17) is 0 Å². The van der Waals surface area contributed by atoms with Gasteiger partial charge in [0.15, 0.2) is 0 Å². The average Bonchev–Trinajstić information content (AvgIpc) is 2.63. The van der Waals surface area contributed by atoms with Crippen LogP contribution in [0, 0.1) is 0 Å². The van der Waals surface area contributed by atoms with Gasteiger partial charge in [0.05, 0.1) is 0 Å². The van der Waals surface area contributed by atoms with Crippen molar-refractivity contribution in [3.05, 3.63) is 36.0 Å². The van der Waals surface area contributed by atoms with Crippen LogP contribution in [0.25, 0.3) is 10.9 Å². The Bertz CT molecular complexity index is 490. The maximum Gasteiger partial charge on any atom is 0.296 e. The highest BCUT2D eigenvalue weighted by molar-refractivity contribution is 5.80. The molecule has 0 saturated carbocycles. The highest BCUT2D eigenvalue weighted by atomic mass is 19.2. The molecular formula is C11H10FNO2. The molecular weight excluding hydrogens is 197 g/mol. The van der Waals surface area contributed by atoms with Crippen molar-refractivity contribution in [3.63, 3.8) is 0 Å². The fourth-order valence-corrected chi connectivity index (χ4v) is 1.48. The molecule has 1 atom stereocenters. The second-order valence-corrected chi connectivity index (χ2v) is 3.41. The molecule has 0 saturated heterocycles. The normalized spacial score (nSPS) is 14.8. The third-order valence-electron chi connectivity index (χ3n) is 2.34. The topological polar surface area (TPSA) is 42.1 Å². The SMILES string of the molecule is CC(F)(OC=O)c1ccc2cc[nH]c2c1. The second-order valence-electron chi connectivity index (χ2n) is 3.41. The molecule has 0 aliphatic rings. The fourth-order valence-electron chi connectivity index (χ4n) is 1.48. The maximum atomic E-state index is 13.8. The maximum absolute atomic E-state index is 13.8. The molecule has 15 heavy (non-hydrogen) atoms. The van der Waals surface area contributed by atoms with Gasteiger partial charge in [0.2, 0.25) is 0 Å². The zero-order chi connectivity index (χ0) is 10.9. The number of rotatable bonds is 3. The average molecular weight is 207 g/mol. The van der Waals surface area contributed by atoms with Crippen molar-refractivity contribution in [2.45, 2.75) is 12.8 Å². The van der Waals surface area contributed by atoms with E-state index in [0.29, 0.717) is 5.56 Å². The van der Waals surface area contributed by atoms with Crippen LogP contribution in [0.2, 0.25) is 0 Å². The molecule has 4 heteroatoms. The first-order chi connectivity index (χ1) is 7.13. The molecule has 1 aromatic carbocycles. The minimum Gasteiger partial charge on any atom is -0.427 e. The first-order valence-corrected chi connectivity index (χ1v) is 4.51. The molecule has 0 radical (unpaired) electrons. The number of carbonyl (C=O) groups excluding carboxylic acids is 1. The second kappa shape index (κ2) is 3.38.